The monoisotopic (exact) mass is 254 g/mol. The Morgan fingerprint density at radius 3 is 1.89 bits per heavy atom. The summed E-state index contributed by atoms with van der Waals surface area (Å²) in [5.41, 5.74) is 13.6. The van der Waals surface area contributed by atoms with Gasteiger partial charge < -0.3 is 11.5 Å². The first kappa shape index (κ1) is 12.8. The van der Waals surface area contributed by atoms with Gasteiger partial charge in [-0.2, -0.15) is 0 Å². The second-order valence-corrected chi connectivity index (χ2v) is 4.33. The highest BCUT2D eigenvalue weighted by atomic mass is 16.1. The molecule has 0 saturated carbocycles. The largest absolute Gasteiger partial charge is 0.366 e. The molecular formula is C15H14N2O2. The highest BCUT2D eigenvalue weighted by Crippen LogP contribution is 2.28. The molecule has 0 bridgehead atoms. The fraction of sp³-hybridized carbons (Fsp3) is 0.0667. The van der Waals surface area contributed by atoms with Gasteiger partial charge in [-0.05, 0) is 24.6 Å². The number of aryl methyl sites for hydroxylation is 1. The number of rotatable bonds is 3. The summed E-state index contributed by atoms with van der Waals surface area (Å²) >= 11 is 0. The van der Waals surface area contributed by atoms with Gasteiger partial charge in [-0.3, -0.25) is 9.59 Å². The van der Waals surface area contributed by atoms with E-state index in [1.54, 1.807) is 18.2 Å². The molecule has 2 aromatic rings. The quantitative estimate of drug-likeness (QED) is 0.875. The van der Waals surface area contributed by atoms with Crippen molar-refractivity contribution in [3.8, 4) is 11.1 Å². The first-order valence-electron chi connectivity index (χ1n) is 5.80. The molecule has 4 heteroatoms. The van der Waals surface area contributed by atoms with Gasteiger partial charge in [0.1, 0.15) is 0 Å². The summed E-state index contributed by atoms with van der Waals surface area (Å²) < 4.78 is 0. The number of benzene rings is 2. The van der Waals surface area contributed by atoms with Crippen LogP contribution in [0.4, 0.5) is 0 Å². The summed E-state index contributed by atoms with van der Waals surface area (Å²) in [5.74, 6) is -1.17. The molecule has 0 aliphatic carbocycles. The predicted molar refractivity (Wildman–Crippen MR) is 73.7 cm³/mol. The van der Waals surface area contributed by atoms with Crippen molar-refractivity contribution < 1.29 is 9.59 Å². The first-order chi connectivity index (χ1) is 9.00. The SMILES string of the molecule is Cc1cccc(-c2c(C(N)=O)cccc2C(N)=O)c1. The molecule has 2 amide bonds. The molecule has 96 valence electrons. The Morgan fingerprint density at radius 1 is 0.895 bits per heavy atom. The molecule has 2 rings (SSSR count). The molecule has 0 unspecified atom stereocenters. The lowest BCUT2D eigenvalue weighted by molar-refractivity contribution is 0.0999. The van der Waals surface area contributed by atoms with Gasteiger partial charge in [0.2, 0.25) is 11.8 Å². The Morgan fingerprint density at radius 2 is 1.42 bits per heavy atom. The van der Waals surface area contributed by atoms with E-state index < -0.39 is 11.8 Å². The number of hydrogen-bond acceptors (Lipinski definition) is 2. The Bertz CT molecular complexity index is 631. The third-order valence-corrected chi connectivity index (χ3v) is 2.90. The van der Waals surface area contributed by atoms with E-state index in [0.29, 0.717) is 16.7 Å². The molecule has 2 aromatic carbocycles. The Labute approximate surface area is 111 Å². The van der Waals surface area contributed by atoms with Gasteiger partial charge in [-0.15, -0.1) is 0 Å². The maximum Gasteiger partial charge on any atom is 0.249 e. The van der Waals surface area contributed by atoms with Crippen LogP contribution in [0, 0.1) is 6.92 Å². The zero-order valence-corrected chi connectivity index (χ0v) is 10.5. The zero-order valence-electron chi connectivity index (χ0n) is 10.5. The molecule has 0 fully saturated rings. The van der Waals surface area contributed by atoms with E-state index >= 15 is 0 Å². The summed E-state index contributed by atoms with van der Waals surface area (Å²) in [6, 6.07) is 12.3. The van der Waals surface area contributed by atoms with Gasteiger partial charge in [0, 0.05) is 16.7 Å². The fourth-order valence-electron chi connectivity index (χ4n) is 2.07. The first-order valence-corrected chi connectivity index (χ1v) is 5.80. The lowest BCUT2D eigenvalue weighted by Crippen LogP contribution is -2.18. The van der Waals surface area contributed by atoms with Crippen molar-refractivity contribution >= 4 is 11.8 Å². The predicted octanol–water partition coefficient (Wildman–Crippen LogP) is 1.86. The van der Waals surface area contributed by atoms with E-state index in [9.17, 15) is 9.59 Å². The molecule has 0 aromatic heterocycles. The fourth-order valence-corrected chi connectivity index (χ4v) is 2.07. The van der Waals surface area contributed by atoms with Crippen LogP contribution in [0.15, 0.2) is 42.5 Å². The van der Waals surface area contributed by atoms with Gasteiger partial charge in [-0.25, -0.2) is 0 Å². The average molecular weight is 254 g/mol. The summed E-state index contributed by atoms with van der Waals surface area (Å²) in [7, 11) is 0. The molecule has 0 radical (unpaired) electrons. The lowest BCUT2D eigenvalue weighted by atomic mass is 9.93. The minimum Gasteiger partial charge on any atom is -0.366 e. The van der Waals surface area contributed by atoms with Crippen molar-refractivity contribution in [2.45, 2.75) is 6.92 Å². The van der Waals surface area contributed by atoms with E-state index in [4.69, 9.17) is 11.5 Å². The number of primary amides is 2. The minimum atomic E-state index is -0.584. The minimum absolute atomic E-state index is 0.293. The molecule has 0 atom stereocenters. The molecule has 4 nitrogen and oxygen atoms in total. The van der Waals surface area contributed by atoms with Crippen LogP contribution in [0.1, 0.15) is 26.3 Å². The van der Waals surface area contributed by atoms with Crippen LogP contribution in [-0.2, 0) is 0 Å². The van der Waals surface area contributed by atoms with Crippen molar-refractivity contribution in [2.24, 2.45) is 11.5 Å². The molecule has 0 spiro atoms. The van der Waals surface area contributed by atoms with Crippen LogP contribution >= 0.6 is 0 Å². The van der Waals surface area contributed by atoms with Crippen LogP contribution in [-0.4, -0.2) is 11.8 Å². The van der Waals surface area contributed by atoms with Crippen molar-refractivity contribution in [1.82, 2.24) is 0 Å². The molecular weight excluding hydrogens is 240 g/mol. The maximum absolute atomic E-state index is 11.5. The third-order valence-electron chi connectivity index (χ3n) is 2.90. The van der Waals surface area contributed by atoms with Crippen LogP contribution in [0.5, 0.6) is 0 Å². The van der Waals surface area contributed by atoms with Gasteiger partial charge in [0.25, 0.3) is 0 Å². The van der Waals surface area contributed by atoms with Gasteiger partial charge in [0.15, 0.2) is 0 Å². The van der Waals surface area contributed by atoms with Gasteiger partial charge >= 0.3 is 0 Å². The standard InChI is InChI=1S/C15H14N2O2/c1-9-4-2-5-10(8-9)13-11(14(16)18)6-3-7-12(13)15(17)19/h2-8H,1H3,(H2,16,18)(H2,17,19). The average Bonchev–Trinajstić information content (AvgIpc) is 2.37. The summed E-state index contributed by atoms with van der Waals surface area (Å²) in [4.78, 5) is 23.0. The Kier molecular flexibility index (Phi) is 3.33. The second kappa shape index (κ2) is 4.94. The molecule has 0 aliphatic heterocycles. The number of carbonyl (C=O) groups excluding carboxylic acids is 2. The van der Waals surface area contributed by atoms with E-state index in [1.807, 2.05) is 31.2 Å². The highest BCUT2D eigenvalue weighted by Gasteiger charge is 2.17. The van der Waals surface area contributed by atoms with Crippen LogP contribution in [0.25, 0.3) is 11.1 Å². The maximum atomic E-state index is 11.5. The third kappa shape index (κ3) is 2.47. The number of carbonyl (C=O) groups is 2. The molecule has 4 N–H and O–H groups in total. The number of nitrogens with two attached hydrogens (primary N) is 2. The van der Waals surface area contributed by atoms with Crippen molar-refractivity contribution in [3.63, 3.8) is 0 Å². The van der Waals surface area contributed by atoms with E-state index in [-0.39, 0.29) is 0 Å². The normalized spacial score (nSPS) is 10.2. The Balaban J connectivity index is 2.79. The second-order valence-electron chi connectivity index (χ2n) is 4.33. The summed E-state index contributed by atoms with van der Waals surface area (Å²) in [6.45, 7) is 1.93. The van der Waals surface area contributed by atoms with Crippen molar-refractivity contribution in [2.75, 3.05) is 0 Å². The smallest absolute Gasteiger partial charge is 0.249 e. The van der Waals surface area contributed by atoms with Crippen LogP contribution in [0.3, 0.4) is 0 Å². The zero-order chi connectivity index (χ0) is 14.0. The highest BCUT2D eigenvalue weighted by molar-refractivity contribution is 6.08. The molecule has 0 saturated heterocycles. The molecule has 0 heterocycles. The topological polar surface area (TPSA) is 86.2 Å². The van der Waals surface area contributed by atoms with Crippen molar-refractivity contribution in [1.29, 1.82) is 0 Å². The van der Waals surface area contributed by atoms with Gasteiger partial charge in [0.05, 0.1) is 0 Å². The van der Waals surface area contributed by atoms with E-state index in [0.717, 1.165) is 11.1 Å². The van der Waals surface area contributed by atoms with E-state index in [2.05, 4.69) is 0 Å². The summed E-state index contributed by atoms with van der Waals surface area (Å²) in [5, 5.41) is 0. The molecule has 0 aliphatic rings. The lowest BCUT2D eigenvalue weighted by Gasteiger charge is -2.11. The van der Waals surface area contributed by atoms with Crippen molar-refractivity contribution in [3.05, 3.63) is 59.2 Å². The number of amides is 2. The Hall–Kier alpha value is -2.62. The summed E-state index contributed by atoms with van der Waals surface area (Å²) in [6.07, 6.45) is 0. The van der Waals surface area contributed by atoms with Gasteiger partial charge in [-0.1, -0.05) is 35.9 Å². The number of hydrogen-bond donors (Lipinski definition) is 2. The van der Waals surface area contributed by atoms with Crippen LogP contribution in [0.2, 0.25) is 0 Å². The molecule has 19 heavy (non-hydrogen) atoms. The van der Waals surface area contributed by atoms with E-state index in [1.165, 1.54) is 0 Å². The van der Waals surface area contributed by atoms with Crippen LogP contribution < -0.4 is 11.5 Å².